The Bertz CT molecular complexity index is 319. The van der Waals surface area contributed by atoms with E-state index >= 15 is 0 Å². The van der Waals surface area contributed by atoms with Crippen LogP contribution in [-0.2, 0) is 9.53 Å². The van der Waals surface area contributed by atoms with E-state index in [1.54, 1.807) is 0 Å². The SMILES string of the molecule is C=CC(=O)OCC(CO)c1ccccc1. The first kappa shape index (κ1) is 11.5. The van der Waals surface area contributed by atoms with E-state index in [9.17, 15) is 4.79 Å². The van der Waals surface area contributed by atoms with Crippen LogP contribution in [0.3, 0.4) is 0 Å². The standard InChI is InChI=1S/C12H14O3/c1-2-12(14)15-9-11(8-13)10-6-4-3-5-7-10/h2-7,11,13H,1,8-9H2. The van der Waals surface area contributed by atoms with Crippen LogP contribution in [0.4, 0.5) is 0 Å². The molecule has 0 bridgehead atoms. The lowest BCUT2D eigenvalue weighted by atomic mass is 10.0. The van der Waals surface area contributed by atoms with Crippen LogP contribution in [0, 0.1) is 0 Å². The Morgan fingerprint density at radius 2 is 2.13 bits per heavy atom. The number of aliphatic hydroxyl groups is 1. The summed E-state index contributed by atoms with van der Waals surface area (Å²) in [6.07, 6.45) is 1.11. The van der Waals surface area contributed by atoms with Gasteiger partial charge in [-0.1, -0.05) is 36.9 Å². The van der Waals surface area contributed by atoms with Crippen LogP contribution in [0.5, 0.6) is 0 Å². The van der Waals surface area contributed by atoms with Crippen LogP contribution in [0.1, 0.15) is 11.5 Å². The highest BCUT2D eigenvalue weighted by Crippen LogP contribution is 2.14. The van der Waals surface area contributed by atoms with E-state index in [-0.39, 0.29) is 19.1 Å². The number of rotatable bonds is 5. The minimum Gasteiger partial charge on any atom is -0.462 e. The van der Waals surface area contributed by atoms with Gasteiger partial charge in [-0.2, -0.15) is 0 Å². The molecule has 0 aromatic heterocycles. The number of hydrogen-bond acceptors (Lipinski definition) is 3. The Labute approximate surface area is 89.0 Å². The van der Waals surface area contributed by atoms with E-state index in [2.05, 4.69) is 6.58 Å². The predicted octanol–water partition coefficient (Wildman–Crippen LogP) is 1.49. The monoisotopic (exact) mass is 206 g/mol. The third kappa shape index (κ3) is 3.56. The molecule has 0 heterocycles. The summed E-state index contributed by atoms with van der Waals surface area (Å²) in [7, 11) is 0. The van der Waals surface area contributed by atoms with E-state index < -0.39 is 5.97 Å². The van der Waals surface area contributed by atoms with Crippen LogP contribution >= 0.6 is 0 Å². The summed E-state index contributed by atoms with van der Waals surface area (Å²) < 4.78 is 4.88. The molecule has 0 aliphatic heterocycles. The number of aliphatic hydroxyl groups excluding tert-OH is 1. The lowest BCUT2D eigenvalue weighted by molar-refractivity contribution is -0.138. The number of ether oxygens (including phenoxy) is 1. The zero-order chi connectivity index (χ0) is 11.1. The summed E-state index contributed by atoms with van der Waals surface area (Å²) in [6, 6.07) is 9.44. The van der Waals surface area contributed by atoms with Gasteiger partial charge in [0, 0.05) is 12.0 Å². The molecule has 0 amide bonds. The zero-order valence-corrected chi connectivity index (χ0v) is 8.43. The van der Waals surface area contributed by atoms with E-state index in [1.807, 2.05) is 30.3 Å². The second kappa shape index (κ2) is 5.98. The summed E-state index contributed by atoms with van der Waals surface area (Å²) in [4.78, 5) is 10.8. The number of benzene rings is 1. The maximum atomic E-state index is 10.8. The molecule has 0 radical (unpaired) electrons. The van der Waals surface area contributed by atoms with Gasteiger partial charge >= 0.3 is 5.97 Å². The highest BCUT2D eigenvalue weighted by atomic mass is 16.5. The van der Waals surface area contributed by atoms with Gasteiger partial charge in [0.2, 0.25) is 0 Å². The molecule has 0 saturated carbocycles. The molecule has 1 unspecified atom stereocenters. The van der Waals surface area contributed by atoms with E-state index in [0.717, 1.165) is 11.6 Å². The van der Waals surface area contributed by atoms with E-state index in [4.69, 9.17) is 9.84 Å². The fourth-order valence-electron chi connectivity index (χ4n) is 1.22. The summed E-state index contributed by atoms with van der Waals surface area (Å²) in [5.41, 5.74) is 0.955. The second-order valence-electron chi connectivity index (χ2n) is 3.12. The molecular formula is C12H14O3. The van der Waals surface area contributed by atoms with Crippen molar-refractivity contribution >= 4 is 5.97 Å². The predicted molar refractivity (Wildman–Crippen MR) is 57.4 cm³/mol. The van der Waals surface area contributed by atoms with Gasteiger partial charge in [-0.3, -0.25) is 0 Å². The molecule has 3 heteroatoms. The summed E-state index contributed by atoms with van der Waals surface area (Å²) >= 11 is 0. The van der Waals surface area contributed by atoms with Crippen LogP contribution in [0.2, 0.25) is 0 Å². The van der Waals surface area contributed by atoms with Crippen LogP contribution in [0.25, 0.3) is 0 Å². The van der Waals surface area contributed by atoms with Crippen molar-refractivity contribution in [3.05, 3.63) is 48.6 Å². The Hall–Kier alpha value is -1.61. The first-order chi connectivity index (χ1) is 7.27. The van der Waals surface area contributed by atoms with Crippen LogP contribution in [0.15, 0.2) is 43.0 Å². The maximum absolute atomic E-state index is 10.8. The first-order valence-electron chi connectivity index (χ1n) is 4.73. The van der Waals surface area contributed by atoms with Gasteiger partial charge < -0.3 is 9.84 Å². The highest BCUT2D eigenvalue weighted by molar-refractivity contribution is 5.81. The highest BCUT2D eigenvalue weighted by Gasteiger charge is 2.11. The van der Waals surface area contributed by atoms with Gasteiger partial charge in [-0.15, -0.1) is 0 Å². The number of carbonyl (C=O) groups excluding carboxylic acids is 1. The van der Waals surface area contributed by atoms with Crippen molar-refractivity contribution in [3.8, 4) is 0 Å². The maximum Gasteiger partial charge on any atom is 0.330 e. The van der Waals surface area contributed by atoms with Gasteiger partial charge in [0.05, 0.1) is 6.61 Å². The van der Waals surface area contributed by atoms with Crippen molar-refractivity contribution in [1.82, 2.24) is 0 Å². The van der Waals surface area contributed by atoms with Crippen molar-refractivity contribution in [2.24, 2.45) is 0 Å². The van der Waals surface area contributed by atoms with E-state index in [0.29, 0.717) is 0 Å². The lowest BCUT2D eigenvalue weighted by Gasteiger charge is -2.13. The minimum absolute atomic E-state index is 0.0472. The van der Waals surface area contributed by atoms with Crippen molar-refractivity contribution in [2.45, 2.75) is 5.92 Å². The summed E-state index contributed by atoms with van der Waals surface area (Å²) in [5, 5.41) is 9.15. The minimum atomic E-state index is -0.468. The molecular weight excluding hydrogens is 192 g/mol. The van der Waals surface area contributed by atoms with Crippen LogP contribution in [-0.4, -0.2) is 24.3 Å². The molecule has 1 rings (SSSR count). The van der Waals surface area contributed by atoms with Crippen molar-refractivity contribution in [1.29, 1.82) is 0 Å². The van der Waals surface area contributed by atoms with Crippen molar-refractivity contribution < 1.29 is 14.6 Å². The molecule has 1 N–H and O–H groups in total. The number of esters is 1. The van der Waals surface area contributed by atoms with Crippen LogP contribution < -0.4 is 0 Å². The van der Waals surface area contributed by atoms with Gasteiger partial charge in [-0.05, 0) is 5.56 Å². The first-order valence-corrected chi connectivity index (χ1v) is 4.73. The van der Waals surface area contributed by atoms with Gasteiger partial charge in [0.25, 0.3) is 0 Å². The smallest absolute Gasteiger partial charge is 0.330 e. The van der Waals surface area contributed by atoms with Gasteiger partial charge in [0.15, 0.2) is 0 Å². The zero-order valence-electron chi connectivity index (χ0n) is 8.43. The molecule has 80 valence electrons. The van der Waals surface area contributed by atoms with Gasteiger partial charge in [-0.25, -0.2) is 4.79 Å². The Morgan fingerprint density at radius 1 is 1.47 bits per heavy atom. The fourth-order valence-corrected chi connectivity index (χ4v) is 1.22. The molecule has 1 aromatic rings. The normalized spacial score (nSPS) is 11.8. The third-order valence-electron chi connectivity index (χ3n) is 2.08. The topological polar surface area (TPSA) is 46.5 Å². The average molecular weight is 206 g/mol. The Morgan fingerprint density at radius 3 is 2.67 bits per heavy atom. The molecule has 3 nitrogen and oxygen atoms in total. The average Bonchev–Trinajstić information content (AvgIpc) is 2.31. The number of hydrogen-bond donors (Lipinski definition) is 1. The third-order valence-corrected chi connectivity index (χ3v) is 2.08. The van der Waals surface area contributed by atoms with Gasteiger partial charge in [0.1, 0.15) is 6.61 Å². The summed E-state index contributed by atoms with van der Waals surface area (Å²) in [5.74, 6) is -0.639. The van der Waals surface area contributed by atoms with E-state index in [1.165, 1.54) is 0 Å². The molecule has 0 aliphatic carbocycles. The molecule has 1 atom stereocenters. The number of carbonyl (C=O) groups is 1. The Balaban J connectivity index is 2.57. The second-order valence-corrected chi connectivity index (χ2v) is 3.12. The fraction of sp³-hybridized carbons (Fsp3) is 0.250. The molecule has 0 aliphatic rings. The molecule has 1 aromatic carbocycles. The van der Waals surface area contributed by atoms with Crippen molar-refractivity contribution in [2.75, 3.05) is 13.2 Å². The quantitative estimate of drug-likeness (QED) is 0.586. The molecule has 0 fully saturated rings. The van der Waals surface area contributed by atoms with Crippen molar-refractivity contribution in [3.63, 3.8) is 0 Å². The molecule has 0 saturated heterocycles. The Kier molecular flexibility index (Phi) is 4.57. The largest absolute Gasteiger partial charge is 0.462 e. The molecule has 0 spiro atoms. The lowest BCUT2D eigenvalue weighted by Crippen LogP contribution is -2.14. The molecule has 15 heavy (non-hydrogen) atoms. The summed E-state index contributed by atoms with van der Waals surface area (Å²) in [6.45, 7) is 3.42.